The predicted octanol–water partition coefficient (Wildman–Crippen LogP) is 7.87. The van der Waals surface area contributed by atoms with Gasteiger partial charge in [0.05, 0.1) is 35.4 Å². The molecule has 0 saturated carbocycles. The van der Waals surface area contributed by atoms with Crippen molar-refractivity contribution in [3.8, 4) is 0 Å². The molecule has 0 fully saturated rings. The Hall–Kier alpha value is -1.87. The van der Waals surface area contributed by atoms with E-state index >= 15 is 0 Å². The van der Waals surface area contributed by atoms with Gasteiger partial charge in [0.15, 0.2) is 0 Å². The summed E-state index contributed by atoms with van der Waals surface area (Å²) < 4.78 is 0. The second-order valence-electron chi connectivity index (χ2n) is 15.5. The summed E-state index contributed by atoms with van der Waals surface area (Å²) in [6.45, 7) is 24.4. The van der Waals surface area contributed by atoms with Crippen molar-refractivity contribution in [1.82, 2.24) is 4.98 Å². The van der Waals surface area contributed by atoms with Crippen LogP contribution < -0.4 is 0 Å². The van der Waals surface area contributed by atoms with E-state index in [4.69, 9.17) is 0 Å². The molecule has 0 spiro atoms. The molecule has 5 atom stereocenters. The van der Waals surface area contributed by atoms with Crippen LogP contribution in [0.3, 0.4) is 0 Å². The average Bonchev–Trinajstić information content (AvgIpc) is 3.32. The van der Waals surface area contributed by atoms with Crippen LogP contribution in [0.1, 0.15) is 126 Å². The molecule has 0 aromatic carbocycles. The Morgan fingerprint density at radius 3 is 2.07 bits per heavy atom. The summed E-state index contributed by atoms with van der Waals surface area (Å²) in [7, 11) is 0. The third-order valence-electron chi connectivity index (χ3n) is 10.5. The highest BCUT2D eigenvalue weighted by Gasteiger charge is 2.55. The molecule has 1 aromatic rings. The fraction of sp³-hybridized carbons (Fsp3) is 0.750. The molecule has 0 saturated heterocycles. The summed E-state index contributed by atoms with van der Waals surface area (Å²) in [6, 6.07) is 0. The van der Waals surface area contributed by atoms with Crippen LogP contribution in [-0.2, 0) is 9.59 Å². The van der Waals surface area contributed by atoms with E-state index in [0.29, 0.717) is 6.42 Å². The van der Waals surface area contributed by atoms with Crippen molar-refractivity contribution in [2.75, 3.05) is 0 Å². The van der Waals surface area contributed by atoms with E-state index < -0.39 is 51.9 Å². The highest BCUT2D eigenvalue weighted by Crippen LogP contribution is 2.51. The molecular weight excluding hydrogens is 574 g/mol. The van der Waals surface area contributed by atoms with E-state index in [2.05, 4.69) is 18.0 Å². The Morgan fingerprint density at radius 2 is 1.57 bits per heavy atom. The number of aliphatic hydroxyl groups is 3. The Bertz CT molecular complexity index is 1170. The Kier molecular flexibility index (Phi) is 14.2. The quantitative estimate of drug-likeness (QED) is 0.121. The molecule has 0 amide bonds. The maximum atomic E-state index is 14.0. The zero-order valence-corrected chi connectivity index (χ0v) is 30.4. The number of rotatable bonds is 18. The van der Waals surface area contributed by atoms with Crippen molar-refractivity contribution in [3.63, 3.8) is 0 Å². The van der Waals surface area contributed by atoms with Crippen LogP contribution in [0.5, 0.6) is 0 Å². The van der Waals surface area contributed by atoms with Gasteiger partial charge in [0.2, 0.25) is 0 Å². The summed E-state index contributed by atoms with van der Waals surface area (Å²) >= 11 is 1.59. The van der Waals surface area contributed by atoms with Crippen LogP contribution in [0.4, 0.5) is 0 Å². The number of allylic oxidation sites excluding steroid dienone is 1. The molecule has 0 bridgehead atoms. The summed E-state index contributed by atoms with van der Waals surface area (Å²) in [5.41, 5.74) is -0.607. The summed E-state index contributed by atoms with van der Waals surface area (Å²) in [5, 5.41) is 45.7. The molecule has 0 radical (unpaired) electrons. The van der Waals surface area contributed by atoms with Crippen LogP contribution >= 0.6 is 11.3 Å². The molecule has 1 heterocycles. The number of hydrogen-bond acceptors (Lipinski definition) is 7. The number of Topliss-reactive ketones (excluding diaryl/α,β-unsaturated/α-hetero) is 1. The lowest BCUT2D eigenvalue weighted by atomic mass is 9.54. The first-order valence-electron chi connectivity index (χ1n) is 16.0. The summed E-state index contributed by atoms with van der Waals surface area (Å²) in [5.74, 6) is -1.59. The zero-order valence-electron chi connectivity index (χ0n) is 29.6. The number of nitrogens with zero attached hydrogens (tertiary/aromatic N) is 1. The molecule has 0 aliphatic rings. The van der Waals surface area contributed by atoms with Gasteiger partial charge in [-0.05, 0) is 64.0 Å². The number of aliphatic carboxylic acids is 1. The van der Waals surface area contributed by atoms with E-state index in [0.717, 1.165) is 35.5 Å². The number of ketones is 1. The molecule has 1 aromatic heterocycles. The van der Waals surface area contributed by atoms with Gasteiger partial charge in [-0.25, -0.2) is 4.98 Å². The van der Waals surface area contributed by atoms with Crippen molar-refractivity contribution in [1.29, 1.82) is 0 Å². The monoisotopic (exact) mass is 635 g/mol. The van der Waals surface area contributed by atoms with Gasteiger partial charge in [-0.3, -0.25) is 9.59 Å². The second kappa shape index (κ2) is 15.6. The van der Waals surface area contributed by atoms with Crippen LogP contribution in [-0.4, -0.2) is 55.5 Å². The Labute approximate surface area is 270 Å². The van der Waals surface area contributed by atoms with Crippen molar-refractivity contribution in [2.45, 2.75) is 140 Å². The smallest absolute Gasteiger partial charge is 0.303 e. The van der Waals surface area contributed by atoms with Gasteiger partial charge < -0.3 is 20.4 Å². The van der Waals surface area contributed by atoms with E-state index in [1.54, 1.807) is 25.2 Å². The van der Waals surface area contributed by atoms with Gasteiger partial charge in [0.25, 0.3) is 0 Å². The maximum Gasteiger partial charge on any atom is 0.303 e. The summed E-state index contributed by atoms with van der Waals surface area (Å²) in [4.78, 5) is 29.9. The van der Waals surface area contributed by atoms with E-state index in [-0.39, 0.29) is 18.1 Å². The molecule has 0 unspecified atom stereocenters. The summed E-state index contributed by atoms with van der Waals surface area (Å²) in [6.07, 6.45) is 4.54. The van der Waals surface area contributed by atoms with E-state index in [9.17, 15) is 30.0 Å². The second-order valence-corrected chi connectivity index (χ2v) is 16.6. The number of aliphatic hydroxyl groups excluding tert-OH is 3. The van der Waals surface area contributed by atoms with Crippen LogP contribution in [0, 0.1) is 40.4 Å². The highest BCUT2D eigenvalue weighted by atomic mass is 32.1. The van der Waals surface area contributed by atoms with Gasteiger partial charge in [0, 0.05) is 33.0 Å². The minimum atomic E-state index is -1.04. The Balaban J connectivity index is 2.83. The maximum absolute atomic E-state index is 14.0. The van der Waals surface area contributed by atoms with Gasteiger partial charge in [0.1, 0.15) is 5.78 Å². The fourth-order valence-electron chi connectivity index (χ4n) is 6.23. The lowest BCUT2D eigenvalue weighted by Gasteiger charge is -2.51. The third kappa shape index (κ3) is 10.1. The largest absolute Gasteiger partial charge is 0.481 e. The van der Waals surface area contributed by atoms with Gasteiger partial charge >= 0.3 is 5.97 Å². The van der Waals surface area contributed by atoms with E-state index in [1.165, 1.54) is 5.57 Å². The van der Waals surface area contributed by atoms with Crippen LogP contribution in [0.2, 0.25) is 0 Å². The lowest BCUT2D eigenvalue weighted by molar-refractivity contribution is -0.161. The predicted molar refractivity (Wildman–Crippen MR) is 181 cm³/mol. The van der Waals surface area contributed by atoms with Crippen molar-refractivity contribution in [3.05, 3.63) is 33.3 Å². The number of carbonyl (C=O) groups is 2. The van der Waals surface area contributed by atoms with Crippen LogP contribution in [0.15, 0.2) is 22.6 Å². The minimum Gasteiger partial charge on any atom is -0.481 e. The topological polar surface area (TPSA) is 128 Å². The van der Waals surface area contributed by atoms with Crippen molar-refractivity contribution in [2.24, 2.45) is 33.5 Å². The number of aromatic nitrogens is 1. The molecule has 7 nitrogen and oxygen atoms in total. The molecule has 44 heavy (non-hydrogen) atoms. The van der Waals surface area contributed by atoms with Crippen molar-refractivity contribution >= 4 is 29.2 Å². The number of thiazole rings is 1. The Morgan fingerprint density at radius 1 is 1.00 bits per heavy atom. The first-order chi connectivity index (χ1) is 19.9. The number of hydrogen-bond donors (Lipinski definition) is 4. The molecule has 8 heteroatoms. The van der Waals surface area contributed by atoms with Crippen molar-refractivity contribution < 1.29 is 30.0 Å². The SMILES string of the molecule is C/C(=C\C[C@@H](O)/C(C)=C/c1csc(C)n1)CCC[C@H](C)[C@H](O)C(C)(C)[C@@H](C)C(=O)C(C)(C)C(C)(C)[C@@H](O)C(C)(C)CC(=O)O. The van der Waals surface area contributed by atoms with Gasteiger partial charge in [-0.15, -0.1) is 11.3 Å². The number of carboxylic acids is 1. The molecule has 252 valence electrons. The van der Waals surface area contributed by atoms with Crippen LogP contribution in [0.25, 0.3) is 6.08 Å². The number of carbonyl (C=O) groups excluding carboxylic acids is 1. The number of carboxylic acid groups (broad SMARTS) is 1. The average molecular weight is 636 g/mol. The van der Waals surface area contributed by atoms with Gasteiger partial charge in [-0.2, -0.15) is 0 Å². The minimum absolute atomic E-state index is 0.0402. The molecule has 0 aliphatic heterocycles. The number of aryl methyl sites for hydroxylation is 1. The lowest BCUT2D eigenvalue weighted by Crippen LogP contribution is -2.56. The third-order valence-corrected chi connectivity index (χ3v) is 11.3. The molecule has 1 rings (SSSR count). The van der Waals surface area contributed by atoms with Gasteiger partial charge in [-0.1, -0.05) is 80.9 Å². The molecule has 4 N–H and O–H groups in total. The van der Waals surface area contributed by atoms with E-state index in [1.807, 2.05) is 80.7 Å². The fourth-order valence-corrected chi connectivity index (χ4v) is 6.80. The standard InChI is InChI=1S/C36H61NO6S/c1-22(17-18-28(38)24(3)19-27-21-44-26(5)37-27)15-14-16-23(2)30(41)34(8,9)25(4)31(42)35(10,11)36(12,13)32(43)33(6,7)20-29(39)40/h17,19,21,23,25,28,30,32,38,41,43H,14-16,18,20H2,1-13H3,(H,39,40)/b22-17+,24-19+/t23-,25-,28+,30-,32-/m0/s1. The zero-order chi connectivity index (χ0) is 34.4. The molecular formula is C36H61NO6S. The molecule has 0 aliphatic carbocycles. The normalized spacial score (nSPS) is 17.6. The first kappa shape index (κ1) is 40.2. The first-order valence-corrected chi connectivity index (χ1v) is 16.8. The highest BCUT2D eigenvalue weighted by molar-refractivity contribution is 7.09.